The fourth-order valence-electron chi connectivity index (χ4n) is 4.35. The van der Waals surface area contributed by atoms with Crippen LogP contribution in [0.15, 0.2) is 48.5 Å². The van der Waals surface area contributed by atoms with Crippen molar-refractivity contribution in [3.8, 4) is 40.1 Å². The predicted octanol–water partition coefficient (Wildman–Crippen LogP) is 6.07. The maximum Gasteiger partial charge on any atom is 0.410 e. The van der Waals surface area contributed by atoms with Crippen LogP contribution in [0.3, 0.4) is 0 Å². The van der Waals surface area contributed by atoms with Gasteiger partial charge in [0.25, 0.3) is 0 Å². The SMILES string of the molecule is COc1nc(-c2cccc(-c3cccc(C#CC4CN(C(=O)OC(C)(C)C)C4)c3C)c2C)ccc1C=O. The van der Waals surface area contributed by atoms with Crippen LogP contribution in [0.5, 0.6) is 5.88 Å². The number of benzene rings is 2. The first-order valence-corrected chi connectivity index (χ1v) is 12.3. The Morgan fingerprint density at radius 1 is 1.00 bits per heavy atom. The molecule has 1 aromatic heterocycles. The lowest BCUT2D eigenvalue weighted by Crippen LogP contribution is -2.51. The van der Waals surface area contributed by atoms with Gasteiger partial charge in [0.1, 0.15) is 5.60 Å². The number of carbonyl (C=O) groups excluding carboxylic acids is 2. The molecule has 0 aliphatic carbocycles. The highest BCUT2D eigenvalue weighted by Crippen LogP contribution is 2.34. The van der Waals surface area contributed by atoms with Gasteiger partial charge in [0.05, 0.1) is 24.3 Å². The summed E-state index contributed by atoms with van der Waals surface area (Å²) < 4.78 is 10.7. The molecule has 1 aliphatic rings. The zero-order valence-electron chi connectivity index (χ0n) is 22.2. The van der Waals surface area contributed by atoms with Crippen LogP contribution in [0.1, 0.15) is 47.8 Å². The molecule has 0 spiro atoms. The van der Waals surface area contributed by atoms with Crippen molar-refractivity contribution in [3.63, 3.8) is 0 Å². The van der Waals surface area contributed by atoms with E-state index in [-0.39, 0.29) is 12.0 Å². The number of hydrogen-bond acceptors (Lipinski definition) is 5. The predicted molar refractivity (Wildman–Crippen MR) is 145 cm³/mol. The lowest BCUT2D eigenvalue weighted by Gasteiger charge is -2.37. The Kier molecular flexibility index (Phi) is 7.35. The van der Waals surface area contributed by atoms with E-state index in [2.05, 4.69) is 42.8 Å². The topological polar surface area (TPSA) is 68.7 Å². The van der Waals surface area contributed by atoms with Crippen molar-refractivity contribution in [1.29, 1.82) is 0 Å². The van der Waals surface area contributed by atoms with Gasteiger partial charge < -0.3 is 14.4 Å². The number of aldehydes is 1. The second-order valence-electron chi connectivity index (χ2n) is 10.2. The molecule has 0 unspecified atom stereocenters. The van der Waals surface area contributed by atoms with Gasteiger partial charge in [0.15, 0.2) is 6.29 Å². The molecule has 1 amide bonds. The summed E-state index contributed by atoms with van der Waals surface area (Å²) in [7, 11) is 1.51. The zero-order valence-corrected chi connectivity index (χ0v) is 22.2. The molecule has 1 fully saturated rings. The van der Waals surface area contributed by atoms with Crippen LogP contribution in [0.2, 0.25) is 0 Å². The van der Waals surface area contributed by atoms with E-state index >= 15 is 0 Å². The van der Waals surface area contributed by atoms with E-state index in [1.165, 1.54) is 7.11 Å². The number of rotatable bonds is 4. The van der Waals surface area contributed by atoms with Crippen LogP contribution in [0, 0.1) is 31.6 Å². The summed E-state index contributed by atoms with van der Waals surface area (Å²) in [5, 5.41) is 0. The summed E-state index contributed by atoms with van der Waals surface area (Å²) in [6.07, 6.45) is 0.458. The van der Waals surface area contributed by atoms with Crippen molar-refractivity contribution in [3.05, 3.63) is 70.8 Å². The van der Waals surface area contributed by atoms with Crippen LogP contribution in [-0.4, -0.2) is 48.1 Å². The third-order valence-corrected chi connectivity index (χ3v) is 6.39. The molecular formula is C31H32N2O4. The van der Waals surface area contributed by atoms with Gasteiger partial charge in [-0.3, -0.25) is 4.79 Å². The summed E-state index contributed by atoms with van der Waals surface area (Å²) in [5.41, 5.74) is 6.98. The molecule has 3 aromatic rings. The summed E-state index contributed by atoms with van der Waals surface area (Å²) in [4.78, 5) is 29.7. The fraction of sp³-hybridized carbons (Fsp3) is 0.323. The van der Waals surface area contributed by atoms with E-state index < -0.39 is 5.60 Å². The van der Waals surface area contributed by atoms with Gasteiger partial charge in [-0.15, -0.1) is 0 Å². The summed E-state index contributed by atoms with van der Waals surface area (Å²) >= 11 is 0. The molecule has 4 rings (SSSR count). The van der Waals surface area contributed by atoms with Crippen molar-refractivity contribution in [2.45, 2.75) is 40.2 Å². The van der Waals surface area contributed by atoms with Crippen molar-refractivity contribution in [1.82, 2.24) is 9.88 Å². The molecule has 6 heteroatoms. The van der Waals surface area contributed by atoms with Gasteiger partial charge in [-0.1, -0.05) is 42.2 Å². The van der Waals surface area contributed by atoms with Crippen LogP contribution in [0.25, 0.3) is 22.4 Å². The first-order chi connectivity index (χ1) is 17.6. The van der Waals surface area contributed by atoms with Crippen molar-refractivity contribution in [2.75, 3.05) is 20.2 Å². The Morgan fingerprint density at radius 2 is 1.65 bits per heavy atom. The minimum Gasteiger partial charge on any atom is -0.480 e. The molecule has 1 aliphatic heterocycles. The first kappa shape index (κ1) is 26.0. The summed E-state index contributed by atoms with van der Waals surface area (Å²) in [6, 6.07) is 15.8. The Hall–Kier alpha value is -4.11. The van der Waals surface area contributed by atoms with Gasteiger partial charge in [0, 0.05) is 24.2 Å². The fourth-order valence-corrected chi connectivity index (χ4v) is 4.35. The number of pyridine rings is 1. The molecule has 6 nitrogen and oxygen atoms in total. The average Bonchev–Trinajstić information content (AvgIpc) is 2.83. The number of hydrogen-bond donors (Lipinski definition) is 0. The Balaban J connectivity index is 1.57. The maximum atomic E-state index is 12.2. The molecule has 190 valence electrons. The monoisotopic (exact) mass is 496 g/mol. The number of methoxy groups -OCH3 is 1. The molecule has 37 heavy (non-hydrogen) atoms. The Labute approximate surface area is 218 Å². The van der Waals surface area contributed by atoms with Gasteiger partial charge in [-0.2, -0.15) is 0 Å². The van der Waals surface area contributed by atoms with Gasteiger partial charge >= 0.3 is 6.09 Å². The normalized spacial score (nSPS) is 13.3. The smallest absolute Gasteiger partial charge is 0.410 e. The molecule has 1 saturated heterocycles. The molecule has 0 bridgehead atoms. The van der Waals surface area contributed by atoms with E-state index in [0.29, 0.717) is 24.5 Å². The highest BCUT2D eigenvalue weighted by atomic mass is 16.6. The Morgan fingerprint density at radius 3 is 2.30 bits per heavy atom. The van der Waals surface area contributed by atoms with Crippen LogP contribution in [-0.2, 0) is 4.74 Å². The van der Waals surface area contributed by atoms with Gasteiger partial charge in [-0.05, 0) is 75.1 Å². The van der Waals surface area contributed by atoms with Crippen molar-refractivity contribution >= 4 is 12.4 Å². The van der Waals surface area contributed by atoms with Crippen LogP contribution in [0.4, 0.5) is 4.79 Å². The second kappa shape index (κ2) is 10.5. The standard InChI is InChI=1S/C31H32N2O4/c1-20-23(14-13-22-17-33(18-22)30(35)37-31(3,4)5)9-7-10-25(20)26-11-8-12-27(21(26)2)28-16-15-24(19-34)29(32-28)36-6/h7-12,15-16,19,22H,17-18H2,1-6H3. The minimum atomic E-state index is -0.498. The first-order valence-electron chi connectivity index (χ1n) is 12.3. The van der Waals surface area contributed by atoms with E-state index in [1.807, 2.05) is 51.1 Å². The maximum absolute atomic E-state index is 12.2. The molecular weight excluding hydrogens is 464 g/mol. The number of likely N-dealkylation sites (tertiary alicyclic amines) is 1. The molecule has 0 radical (unpaired) electrons. The van der Waals surface area contributed by atoms with E-state index in [9.17, 15) is 9.59 Å². The lowest BCUT2D eigenvalue weighted by molar-refractivity contribution is 0.00591. The Bertz CT molecular complexity index is 1400. The highest BCUT2D eigenvalue weighted by Gasteiger charge is 2.32. The average molecular weight is 497 g/mol. The van der Waals surface area contributed by atoms with Crippen LogP contribution >= 0.6 is 0 Å². The lowest BCUT2D eigenvalue weighted by atomic mass is 9.90. The zero-order chi connectivity index (χ0) is 26.7. The van der Waals surface area contributed by atoms with E-state index in [0.717, 1.165) is 45.4 Å². The number of amides is 1. The molecule has 0 N–H and O–H groups in total. The van der Waals surface area contributed by atoms with Gasteiger partial charge in [0.2, 0.25) is 5.88 Å². The van der Waals surface area contributed by atoms with Crippen molar-refractivity contribution in [2.24, 2.45) is 5.92 Å². The number of nitrogens with zero attached hydrogens (tertiary/aromatic N) is 2. The van der Waals surface area contributed by atoms with Gasteiger partial charge in [-0.25, -0.2) is 9.78 Å². The quantitative estimate of drug-likeness (QED) is 0.324. The largest absolute Gasteiger partial charge is 0.480 e. The molecule has 2 heterocycles. The second-order valence-corrected chi connectivity index (χ2v) is 10.2. The third kappa shape index (κ3) is 5.67. The number of aromatic nitrogens is 1. The number of carbonyl (C=O) groups is 2. The molecule has 0 saturated carbocycles. The highest BCUT2D eigenvalue weighted by molar-refractivity contribution is 5.82. The van der Waals surface area contributed by atoms with Crippen molar-refractivity contribution < 1.29 is 19.1 Å². The summed E-state index contributed by atoms with van der Waals surface area (Å²) in [5.74, 6) is 7.11. The molecule has 2 aromatic carbocycles. The minimum absolute atomic E-state index is 0.135. The third-order valence-electron chi connectivity index (χ3n) is 6.39. The van der Waals surface area contributed by atoms with Crippen LogP contribution < -0.4 is 4.74 Å². The number of ether oxygens (including phenoxy) is 2. The van der Waals surface area contributed by atoms with E-state index in [4.69, 9.17) is 9.47 Å². The molecule has 0 atom stereocenters. The summed E-state index contributed by atoms with van der Waals surface area (Å²) in [6.45, 7) is 10.9. The van der Waals surface area contributed by atoms with E-state index in [1.54, 1.807) is 11.0 Å².